The van der Waals surface area contributed by atoms with Crippen LogP contribution in [0.4, 0.5) is 0 Å². The van der Waals surface area contributed by atoms with Crippen molar-refractivity contribution in [1.29, 1.82) is 0 Å². The summed E-state index contributed by atoms with van der Waals surface area (Å²) in [6.07, 6.45) is 1.74. The summed E-state index contributed by atoms with van der Waals surface area (Å²) >= 11 is 0. The number of rotatable bonds is 3. The lowest BCUT2D eigenvalue weighted by Crippen LogP contribution is -2.17. The van der Waals surface area contributed by atoms with Gasteiger partial charge < -0.3 is 9.30 Å². The van der Waals surface area contributed by atoms with Crippen molar-refractivity contribution in [2.75, 3.05) is 7.11 Å². The number of benzene rings is 2. The Morgan fingerprint density at radius 2 is 1.71 bits per heavy atom. The summed E-state index contributed by atoms with van der Waals surface area (Å²) in [4.78, 5) is 24.7. The number of methoxy groups -OCH3 is 1. The van der Waals surface area contributed by atoms with E-state index in [2.05, 4.69) is 0 Å². The highest BCUT2D eigenvalue weighted by molar-refractivity contribution is 5.85. The minimum atomic E-state index is -0.351. The molecule has 1 aromatic heterocycles. The minimum absolute atomic E-state index is 0.0324. The number of hydrogen-bond acceptors (Lipinski definition) is 3. The quantitative estimate of drug-likeness (QED) is 0.694. The van der Waals surface area contributed by atoms with Crippen molar-refractivity contribution in [2.45, 2.75) is 20.4 Å². The van der Waals surface area contributed by atoms with Gasteiger partial charge in [-0.3, -0.25) is 9.59 Å². The molecule has 122 valence electrons. The first-order valence-electron chi connectivity index (χ1n) is 7.77. The number of hydrogen-bond donors (Lipinski definition) is 0. The van der Waals surface area contributed by atoms with Crippen LogP contribution in [0.2, 0.25) is 0 Å². The third-order valence-corrected chi connectivity index (χ3v) is 4.13. The Morgan fingerprint density at radius 1 is 1.04 bits per heavy atom. The highest BCUT2D eigenvalue weighted by Gasteiger charge is 2.13. The largest absolute Gasteiger partial charge is 0.468 e. The minimum Gasteiger partial charge on any atom is -0.468 e. The maximum atomic E-state index is 12.9. The van der Waals surface area contributed by atoms with Crippen LogP contribution in [-0.2, 0) is 16.1 Å². The predicted molar refractivity (Wildman–Crippen MR) is 95.1 cm³/mol. The SMILES string of the molecule is COC(=O)Cn1cc(-c2ccc(C)cc2)c(=O)c2ccc(C)cc21. The number of fused-ring (bicyclic) bond motifs is 1. The molecule has 3 rings (SSSR count). The normalized spacial score (nSPS) is 10.8. The maximum Gasteiger partial charge on any atom is 0.325 e. The number of aryl methyl sites for hydroxylation is 2. The molecule has 0 aliphatic carbocycles. The third-order valence-electron chi connectivity index (χ3n) is 4.13. The van der Waals surface area contributed by atoms with E-state index in [-0.39, 0.29) is 17.9 Å². The molecule has 0 saturated carbocycles. The van der Waals surface area contributed by atoms with Gasteiger partial charge in [0.2, 0.25) is 0 Å². The van der Waals surface area contributed by atoms with Crippen molar-refractivity contribution in [3.8, 4) is 11.1 Å². The monoisotopic (exact) mass is 321 g/mol. The fourth-order valence-electron chi connectivity index (χ4n) is 2.77. The van der Waals surface area contributed by atoms with Gasteiger partial charge in [0.15, 0.2) is 5.43 Å². The number of nitrogens with zero attached hydrogens (tertiary/aromatic N) is 1. The van der Waals surface area contributed by atoms with Crippen LogP contribution in [0.15, 0.2) is 53.5 Å². The number of esters is 1. The molecule has 3 aromatic rings. The summed E-state index contributed by atoms with van der Waals surface area (Å²) < 4.78 is 6.57. The summed E-state index contributed by atoms with van der Waals surface area (Å²) in [6.45, 7) is 4.03. The second-order valence-corrected chi connectivity index (χ2v) is 5.96. The van der Waals surface area contributed by atoms with Gasteiger partial charge in [-0.2, -0.15) is 0 Å². The van der Waals surface area contributed by atoms with Gasteiger partial charge in [0.1, 0.15) is 6.54 Å². The number of pyridine rings is 1. The van der Waals surface area contributed by atoms with E-state index in [4.69, 9.17) is 4.74 Å². The van der Waals surface area contributed by atoms with Gasteiger partial charge in [-0.25, -0.2) is 0 Å². The Kier molecular flexibility index (Phi) is 4.21. The summed E-state index contributed by atoms with van der Waals surface area (Å²) in [5, 5.41) is 0.600. The van der Waals surface area contributed by atoms with E-state index >= 15 is 0 Å². The van der Waals surface area contributed by atoms with Gasteiger partial charge in [-0.1, -0.05) is 35.9 Å². The Bertz CT molecular complexity index is 969. The van der Waals surface area contributed by atoms with Crippen LogP contribution >= 0.6 is 0 Å². The molecular formula is C20H19NO3. The lowest BCUT2D eigenvalue weighted by Gasteiger charge is -2.13. The van der Waals surface area contributed by atoms with Crippen LogP contribution in [0.5, 0.6) is 0 Å². The fraction of sp³-hybridized carbons (Fsp3) is 0.200. The lowest BCUT2D eigenvalue weighted by atomic mass is 10.0. The highest BCUT2D eigenvalue weighted by Crippen LogP contribution is 2.21. The van der Waals surface area contributed by atoms with E-state index in [9.17, 15) is 9.59 Å². The van der Waals surface area contributed by atoms with Gasteiger partial charge in [0.05, 0.1) is 12.6 Å². The molecule has 0 spiro atoms. The van der Waals surface area contributed by atoms with Crippen molar-refractivity contribution in [3.63, 3.8) is 0 Å². The van der Waals surface area contributed by atoms with Gasteiger partial charge in [-0.05, 0) is 37.1 Å². The number of carbonyl (C=O) groups excluding carboxylic acids is 1. The average molecular weight is 321 g/mol. The van der Waals surface area contributed by atoms with Crippen LogP contribution in [0.25, 0.3) is 22.0 Å². The summed E-state index contributed by atoms with van der Waals surface area (Å²) in [7, 11) is 1.36. The molecule has 24 heavy (non-hydrogen) atoms. The summed E-state index contributed by atoms with van der Waals surface area (Å²) in [6, 6.07) is 13.4. The first-order chi connectivity index (χ1) is 11.5. The van der Waals surface area contributed by atoms with E-state index in [0.29, 0.717) is 10.9 Å². The zero-order chi connectivity index (χ0) is 17.3. The number of aromatic nitrogens is 1. The molecule has 0 amide bonds. The van der Waals surface area contributed by atoms with Gasteiger partial charge >= 0.3 is 5.97 Å². The van der Waals surface area contributed by atoms with E-state index in [1.54, 1.807) is 10.8 Å². The zero-order valence-electron chi connectivity index (χ0n) is 14.0. The first-order valence-corrected chi connectivity index (χ1v) is 7.77. The smallest absolute Gasteiger partial charge is 0.325 e. The third kappa shape index (κ3) is 2.95. The molecule has 1 heterocycles. The molecule has 0 aliphatic heterocycles. The van der Waals surface area contributed by atoms with Crippen LogP contribution < -0.4 is 5.43 Å². The van der Waals surface area contributed by atoms with Crippen molar-refractivity contribution < 1.29 is 9.53 Å². The molecule has 4 heteroatoms. The van der Waals surface area contributed by atoms with Crippen molar-refractivity contribution in [1.82, 2.24) is 4.57 Å². The van der Waals surface area contributed by atoms with Gasteiger partial charge in [-0.15, -0.1) is 0 Å². The second-order valence-electron chi connectivity index (χ2n) is 5.96. The molecule has 0 saturated heterocycles. The molecular weight excluding hydrogens is 302 g/mol. The number of ether oxygens (including phenoxy) is 1. The molecule has 0 atom stereocenters. The van der Waals surface area contributed by atoms with Crippen molar-refractivity contribution in [3.05, 3.63) is 70.0 Å². The van der Waals surface area contributed by atoms with Gasteiger partial charge in [0.25, 0.3) is 0 Å². The molecule has 4 nitrogen and oxygen atoms in total. The Labute approximate surface area is 140 Å². The molecule has 0 aliphatic rings. The average Bonchev–Trinajstić information content (AvgIpc) is 2.58. The molecule has 0 radical (unpaired) electrons. The van der Waals surface area contributed by atoms with Crippen LogP contribution in [0, 0.1) is 13.8 Å². The topological polar surface area (TPSA) is 48.3 Å². The van der Waals surface area contributed by atoms with E-state index < -0.39 is 0 Å². The second kappa shape index (κ2) is 6.32. The van der Waals surface area contributed by atoms with E-state index in [0.717, 1.165) is 22.2 Å². The fourth-order valence-corrected chi connectivity index (χ4v) is 2.77. The van der Waals surface area contributed by atoms with E-state index in [1.807, 2.05) is 56.3 Å². The van der Waals surface area contributed by atoms with Crippen LogP contribution in [0.3, 0.4) is 0 Å². The zero-order valence-corrected chi connectivity index (χ0v) is 14.0. The Balaban J connectivity index is 2.29. The molecule has 0 unspecified atom stereocenters. The van der Waals surface area contributed by atoms with E-state index in [1.165, 1.54) is 7.11 Å². The first kappa shape index (κ1) is 16.0. The maximum absolute atomic E-state index is 12.9. The Hall–Kier alpha value is -2.88. The van der Waals surface area contributed by atoms with Crippen LogP contribution in [-0.4, -0.2) is 17.6 Å². The predicted octanol–water partition coefficient (Wildman–Crippen LogP) is 3.46. The van der Waals surface area contributed by atoms with Crippen molar-refractivity contribution in [2.24, 2.45) is 0 Å². The summed E-state index contributed by atoms with van der Waals surface area (Å²) in [5.41, 5.74) is 4.28. The van der Waals surface area contributed by atoms with Crippen LogP contribution in [0.1, 0.15) is 11.1 Å². The highest BCUT2D eigenvalue weighted by atomic mass is 16.5. The lowest BCUT2D eigenvalue weighted by molar-refractivity contribution is -0.141. The molecule has 2 aromatic carbocycles. The van der Waals surface area contributed by atoms with Gasteiger partial charge in [0, 0.05) is 17.1 Å². The number of carbonyl (C=O) groups is 1. The van der Waals surface area contributed by atoms with Crippen molar-refractivity contribution >= 4 is 16.9 Å². The standard InChI is InChI=1S/C20H19NO3/c1-13-4-7-15(8-5-13)17-11-21(12-19(22)24-3)18-10-14(2)6-9-16(18)20(17)23/h4-11H,12H2,1-3H3. The molecule has 0 fully saturated rings. The molecule has 0 N–H and O–H groups in total. The Morgan fingerprint density at radius 3 is 2.38 bits per heavy atom. The molecule has 0 bridgehead atoms. The summed E-state index contributed by atoms with van der Waals surface area (Å²) in [5.74, 6) is -0.351.